The minimum atomic E-state index is 1.22. The van der Waals surface area contributed by atoms with Gasteiger partial charge in [0.15, 0.2) is 0 Å². The number of benzene rings is 8. The maximum atomic E-state index is 2.33. The molecule has 652 valence electrons. The van der Waals surface area contributed by atoms with Crippen molar-refractivity contribution < 1.29 is 0 Å². The van der Waals surface area contributed by atoms with Crippen molar-refractivity contribution in [3.05, 3.63) is 216 Å². The van der Waals surface area contributed by atoms with Crippen LogP contribution in [0.3, 0.4) is 0 Å². The van der Waals surface area contributed by atoms with E-state index in [1.807, 2.05) is 47.0 Å². The molecule has 0 nitrogen and oxygen atoms in total. The van der Waals surface area contributed by atoms with E-state index in [0.717, 1.165) is 0 Å². The molecule has 0 bridgehead atoms. The molecule has 0 amide bonds. The number of thioether (sulfide) groups is 4. The molecule has 8 aromatic rings. The third-order valence-electron chi connectivity index (χ3n) is 23.4. The molecule has 118 heavy (non-hydrogen) atoms. The van der Waals surface area contributed by atoms with Crippen LogP contribution in [0.1, 0.15) is 399 Å². The number of hydrogen-bond acceptors (Lipinski definition) is 4. The first kappa shape index (κ1) is 104. The van der Waals surface area contributed by atoms with E-state index in [1.54, 1.807) is 0 Å². The molecular formula is C114H172S4. The molecule has 8 aromatic carbocycles. The van der Waals surface area contributed by atoms with Crippen LogP contribution in [0.5, 0.6) is 0 Å². The Morgan fingerprint density at radius 2 is 0.246 bits per heavy atom. The van der Waals surface area contributed by atoms with Gasteiger partial charge in [-0.05, 0) is 215 Å². The summed E-state index contributed by atoms with van der Waals surface area (Å²) in [5.74, 6) is 5.00. The molecule has 0 saturated heterocycles. The zero-order valence-electron chi connectivity index (χ0n) is 77.1. The minimum Gasteiger partial charge on any atom is -0.126 e. The Morgan fingerprint density at radius 3 is 0.390 bits per heavy atom. The van der Waals surface area contributed by atoms with E-state index in [1.165, 1.54) is 456 Å². The van der Waals surface area contributed by atoms with Gasteiger partial charge in [0.1, 0.15) is 0 Å². The molecule has 0 aliphatic carbocycles. The van der Waals surface area contributed by atoms with Crippen molar-refractivity contribution >= 4 is 47.0 Å². The smallest absolute Gasteiger partial charge is 0.00723 e. The molecule has 0 unspecified atom stereocenters. The van der Waals surface area contributed by atoms with Crippen molar-refractivity contribution in [3.63, 3.8) is 0 Å². The molecule has 0 spiro atoms. The molecule has 0 aromatic heterocycles. The summed E-state index contributed by atoms with van der Waals surface area (Å²) in [5.41, 5.74) is 16.6. The van der Waals surface area contributed by atoms with Crippen LogP contribution >= 0.6 is 47.0 Å². The highest BCUT2D eigenvalue weighted by Crippen LogP contribution is 2.32. The van der Waals surface area contributed by atoms with Gasteiger partial charge in [0, 0.05) is 19.6 Å². The molecule has 8 rings (SSSR count). The van der Waals surface area contributed by atoms with E-state index in [4.69, 9.17) is 0 Å². The Kier molecular flexibility index (Phi) is 64.7. The Balaban J connectivity index is 0.000000280. The van der Waals surface area contributed by atoms with Crippen LogP contribution in [0.25, 0.3) is 44.5 Å². The molecule has 0 aliphatic rings. The van der Waals surface area contributed by atoms with E-state index < -0.39 is 0 Å². The Morgan fingerprint density at radius 1 is 0.127 bits per heavy atom. The Labute approximate surface area is 746 Å². The van der Waals surface area contributed by atoms with Crippen LogP contribution in [0.15, 0.2) is 214 Å². The summed E-state index contributed by atoms with van der Waals surface area (Å²) in [6.07, 6.45) is 73.9. The van der Waals surface area contributed by atoms with Crippen LogP contribution in [-0.2, 0) is 25.7 Å². The normalized spacial score (nSPS) is 11.1. The lowest BCUT2D eigenvalue weighted by Gasteiger charge is -2.07. The average molecular weight is 1670 g/mol. The summed E-state index contributed by atoms with van der Waals surface area (Å²) >= 11 is 8.03. The van der Waals surface area contributed by atoms with Crippen LogP contribution in [-0.4, -0.2) is 23.0 Å². The van der Waals surface area contributed by atoms with Gasteiger partial charge in [0.05, 0.1) is 0 Å². The van der Waals surface area contributed by atoms with Crippen molar-refractivity contribution in [1.29, 1.82) is 0 Å². The van der Waals surface area contributed by atoms with E-state index in [2.05, 4.69) is 250 Å². The van der Waals surface area contributed by atoms with Crippen molar-refractivity contribution in [1.82, 2.24) is 0 Å². The summed E-state index contributed by atoms with van der Waals surface area (Å²) < 4.78 is 0. The quantitative estimate of drug-likeness (QED) is 0.0275. The first-order chi connectivity index (χ1) is 58.3. The summed E-state index contributed by atoms with van der Waals surface area (Å²) in [6.45, 7) is 18.3. The van der Waals surface area contributed by atoms with Gasteiger partial charge in [-0.3, -0.25) is 0 Å². The third kappa shape index (κ3) is 51.9. The number of aryl methyl sites for hydroxylation is 4. The summed E-state index contributed by atoms with van der Waals surface area (Å²) in [6, 6.07) is 73.6. The zero-order chi connectivity index (χ0) is 83.7. The number of rotatable bonds is 66. The van der Waals surface area contributed by atoms with Crippen molar-refractivity contribution in [2.45, 2.75) is 422 Å². The topological polar surface area (TPSA) is 0 Å². The van der Waals surface area contributed by atoms with Crippen LogP contribution in [0.4, 0.5) is 0 Å². The Bertz CT molecular complexity index is 3420. The standard InChI is InChI=1S/C30H46S.C29H44S.C28H42S.C27H40S/c1-3-5-7-9-11-12-14-16-26-31-30-24-22-29(23-25-30)28-20-18-27(19-21-28)17-15-13-10-8-6-4-2;1-3-5-7-9-11-13-15-25-30-29-23-21-28(22-24-29)27-19-17-26(18-20-27)16-14-12-10-8-6-4-2;1-3-5-7-9-11-13-15-25-16-18-26(19-17-25)27-20-22-28(23-21-27)29-24-14-12-10-8-6-4-2;1-3-5-7-9-10-12-14-24-15-17-25(18-16-24)26-19-21-27(22-20-26)28-23-13-11-8-6-4-2/h18-25H,3-17,26H2,1-2H3;17-24H,3-16,25H2,1-2H3;16-23H,3-15,24H2,1-2H3;15-22H,3-14,23H2,1-2H3. The number of hydrogen-bond donors (Lipinski definition) is 0. The van der Waals surface area contributed by atoms with Gasteiger partial charge in [-0.25, -0.2) is 0 Å². The largest absolute Gasteiger partial charge is 0.126 e. The summed E-state index contributed by atoms with van der Waals surface area (Å²) in [7, 11) is 0. The molecule has 0 radical (unpaired) electrons. The van der Waals surface area contributed by atoms with E-state index in [0.29, 0.717) is 0 Å². The van der Waals surface area contributed by atoms with Gasteiger partial charge in [-0.15, -0.1) is 47.0 Å². The van der Waals surface area contributed by atoms with Gasteiger partial charge >= 0.3 is 0 Å². The molecule has 0 fully saturated rings. The SMILES string of the molecule is CCCCCCCCCCSc1ccc(-c2ccc(CCCCCCCC)cc2)cc1.CCCCCCCCCSc1ccc(-c2ccc(CCCCCCCC)cc2)cc1.CCCCCCCCSc1ccc(-c2ccc(CCCCCCCC)cc2)cc1.CCCCCCCCc1ccc(-c2ccc(SCCCCCCC)cc2)cc1. The zero-order valence-corrected chi connectivity index (χ0v) is 80.4. The molecular weight excluding hydrogens is 1500 g/mol. The fourth-order valence-corrected chi connectivity index (χ4v) is 19.2. The molecule has 0 heterocycles. The van der Waals surface area contributed by atoms with Gasteiger partial charge in [0.25, 0.3) is 0 Å². The second-order valence-corrected chi connectivity index (χ2v) is 38.8. The van der Waals surface area contributed by atoms with Crippen molar-refractivity contribution in [3.8, 4) is 44.5 Å². The Hall–Kier alpha value is -4.84. The first-order valence-corrected chi connectivity index (χ1v) is 53.6. The van der Waals surface area contributed by atoms with Crippen LogP contribution in [0, 0.1) is 0 Å². The first-order valence-electron chi connectivity index (χ1n) is 49.6. The highest BCUT2D eigenvalue weighted by molar-refractivity contribution is 8.00. The van der Waals surface area contributed by atoms with E-state index >= 15 is 0 Å². The lowest BCUT2D eigenvalue weighted by Crippen LogP contribution is -1.87. The van der Waals surface area contributed by atoms with Crippen LogP contribution < -0.4 is 0 Å². The molecule has 0 saturated carbocycles. The maximum Gasteiger partial charge on any atom is 0.00723 e. The highest BCUT2D eigenvalue weighted by atomic mass is 32.2. The fourth-order valence-electron chi connectivity index (χ4n) is 15.5. The second kappa shape index (κ2) is 73.7. The predicted octanol–water partition coefficient (Wildman–Crippen LogP) is 39.6. The van der Waals surface area contributed by atoms with Crippen molar-refractivity contribution in [2.24, 2.45) is 0 Å². The lowest BCUT2D eigenvalue weighted by molar-refractivity contribution is 0.586. The fraction of sp³-hybridized carbons (Fsp3) is 0.579. The predicted molar refractivity (Wildman–Crippen MR) is 541 cm³/mol. The molecule has 0 atom stereocenters. The molecule has 4 heteroatoms. The molecule has 0 aliphatic heterocycles. The monoisotopic (exact) mass is 1670 g/mol. The number of unbranched alkanes of at least 4 members (excludes halogenated alkanes) is 42. The van der Waals surface area contributed by atoms with Gasteiger partial charge < -0.3 is 0 Å². The van der Waals surface area contributed by atoms with Crippen LogP contribution in [0.2, 0.25) is 0 Å². The highest BCUT2D eigenvalue weighted by Gasteiger charge is 2.08. The maximum absolute atomic E-state index is 2.33. The summed E-state index contributed by atoms with van der Waals surface area (Å²) in [5, 5.41) is 0. The van der Waals surface area contributed by atoms with Gasteiger partial charge in [0.2, 0.25) is 0 Å². The van der Waals surface area contributed by atoms with Crippen molar-refractivity contribution in [2.75, 3.05) is 23.0 Å². The average Bonchev–Trinajstić information content (AvgIpc) is 0.872. The lowest BCUT2D eigenvalue weighted by atomic mass is 10.0. The van der Waals surface area contributed by atoms with E-state index in [9.17, 15) is 0 Å². The minimum absolute atomic E-state index is 1.22. The molecule has 0 N–H and O–H groups in total. The summed E-state index contributed by atoms with van der Waals surface area (Å²) in [4.78, 5) is 5.62. The van der Waals surface area contributed by atoms with Gasteiger partial charge in [-0.1, -0.05) is 471 Å². The third-order valence-corrected chi connectivity index (χ3v) is 27.8. The second-order valence-electron chi connectivity index (χ2n) is 34.1. The van der Waals surface area contributed by atoms with Gasteiger partial charge in [-0.2, -0.15) is 0 Å². The van der Waals surface area contributed by atoms with E-state index in [-0.39, 0.29) is 0 Å².